The summed E-state index contributed by atoms with van der Waals surface area (Å²) in [6.07, 6.45) is 2.32. The maximum Gasteiger partial charge on any atom is 0.315 e. The number of hydrazine groups is 1. The van der Waals surface area contributed by atoms with Crippen molar-refractivity contribution in [1.29, 1.82) is 0 Å². The Morgan fingerprint density at radius 3 is 2.73 bits per heavy atom. The molecule has 26 heavy (non-hydrogen) atoms. The van der Waals surface area contributed by atoms with Crippen molar-refractivity contribution >= 4 is 17.7 Å². The van der Waals surface area contributed by atoms with Gasteiger partial charge in [0, 0.05) is 12.3 Å². The van der Waals surface area contributed by atoms with Crippen molar-refractivity contribution in [3.05, 3.63) is 23.7 Å². The molecule has 1 amide bonds. The van der Waals surface area contributed by atoms with Crippen molar-refractivity contribution in [2.24, 2.45) is 5.92 Å². The molecule has 0 aromatic carbocycles. The molecule has 3 rings (SSSR count). The van der Waals surface area contributed by atoms with Crippen LogP contribution in [0.25, 0.3) is 11.4 Å². The molecule has 1 aliphatic heterocycles. The van der Waals surface area contributed by atoms with E-state index in [0.29, 0.717) is 17.4 Å². The third-order valence-corrected chi connectivity index (χ3v) is 3.75. The summed E-state index contributed by atoms with van der Waals surface area (Å²) in [5, 5.41) is 5.88. The topological polar surface area (TPSA) is 102 Å². The number of anilines is 1. The first-order valence-corrected chi connectivity index (χ1v) is 8.57. The summed E-state index contributed by atoms with van der Waals surface area (Å²) in [7, 11) is 0. The van der Waals surface area contributed by atoms with E-state index in [0.717, 1.165) is 23.5 Å². The lowest BCUT2D eigenvalue weighted by molar-refractivity contribution is -0.145. The van der Waals surface area contributed by atoms with Crippen LogP contribution in [0.1, 0.15) is 38.6 Å². The summed E-state index contributed by atoms with van der Waals surface area (Å²) < 4.78 is 4.75. The van der Waals surface area contributed by atoms with E-state index in [-0.39, 0.29) is 13.0 Å². The fraction of sp³-hybridized carbons (Fsp3) is 0.471. The molecule has 0 radical (unpaired) electrons. The largest absolute Gasteiger partial charge is 0.466 e. The number of carbonyl (C=O) groups excluding carboxylic acids is 2. The molecule has 9 heteroatoms. The smallest absolute Gasteiger partial charge is 0.315 e. The second-order valence-corrected chi connectivity index (χ2v) is 6.50. The summed E-state index contributed by atoms with van der Waals surface area (Å²) in [4.78, 5) is 33.7. The molecule has 1 N–H and O–H groups in total. The van der Waals surface area contributed by atoms with Gasteiger partial charge in [0.05, 0.1) is 18.0 Å². The number of aromatic nitrogens is 4. The summed E-state index contributed by atoms with van der Waals surface area (Å²) in [5.41, 5.74) is 5.74. The molecule has 2 aromatic heterocycles. The van der Waals surface area contributed by atoms with E-state index in [1.54, 1.807) is 13.1 Å². The first-order chi connectivity index (χ1) is 12.4. The predicted molar refractivity (Wildman–Crippen MR) is 93.8 cm³/mol. The van der Waals surface area contributed by atoms with E-state index >= 15 is 0 Å². The lowest BCUT2D eigenvalue weighted by atomic mass is 10.1. The summed E-state index contributed by atoms with van der Waals surface area (Å²) in [6, 6.07) is 1.82. The number of carbonyl (C=O) groups is 2. The summed E-state index contributed by atoms with van der Waals surface area (Å²) in [6.45, 7) is 8.10. The highest BCUT2D eigenvalue weighted by atomic mass is 16.5. The highest BCUT2D eigenvalue weighted by Crippen LogP contribution is 2.33. The molecule has 0 atom stereocenters. The van der Waals surface area contributed by atoms with Crippen molar-refractivity contribution in [1.82, 2.24) is 25.3 Å². The first-order valence-electron chi connectivity index (χ1n) is 8.57. The fourth-order valence-corrected chi connectivity index (χ4v) is 2.58. The van der Waals surface area contributed by atoms with Crippen LogP contribution in [-0.4, -0.2) is 38.3 Å². The van der Waals surface area contributed by atoms with Crippen LogP contribution in [0, 0.1) is 12.8 Å². The average molecular weight is 358 g/mol. The van der Waals surface area contributed by atoms with Gasteiger partial charge in [0.25, 0.3) is 5.91 Å². The second kappa shape index (κ2) is 7.11. The van der Waals surface area contributed by atoms with Gasteiger partial charge in [0.1, 0.15) is 17.8 Å². The van der Waals surface area contributed by atoms with Crippen LogP contribution in [0.2, 0.25) is 0 Å². The zero-order valence-corrected chi connectivity index (χ0v) is 15.3. The van der Waals surface area contributed by atoms with E-state index < -0.39 is 11.9 Å². The number of ether oxygens (including phenoxy) is 1. The molecular weight excluding hydrogens is 336 g/mol. The molecule has 0 unspecified atom stereocenters. The Morgan fingerprint density at radius 1 is 1.35 bits per heavy atom. The van der Waals surface area contributed by atoms with Crippen LogP contribution in [0.4, 0.5) is 5.82 Å². The van der Waals surface area contributed by atoms with Gasteiger partial charge < -0.3 is 4.74 Å². The lowest BCUT2D eigenvalue weighted by Gasteiger charge is -2.09. The van der Waals surface area contributed by atoms with Gasteiger partial charge in [-0.2, -0.15) is 0 Å². The fourth-order valence-electron chi connectivity index (χ4n) is 2.58. The van der Waals surface area contributed by atoms with Crippen molar-refractivity contribution in [3.63, 3.8) is 0 Å². The highest BCUT2D eigenvalue weighted by molar-refractivity contribution is 5.95. The van der Waals surface area contributed by atoms with Gasteiger partial charge in [0.15, 0.2) is 5.82 Å². The Kier molecular flexibility index (Phi) is 4.88. The monoisotopic (exact) mass is 358 g/mol. The number of hydrogen-bond acceptors (Lipinski definition) is 7. The molecule has 9 nitrogen and oxygen atoms in total. The molecule has 0 saturated heterocycles. The van der Waals surface area contributed by atoms with Gasteiger partial charge >= 0.3 is 5.97 Å². The van der Waals surface area contributed by atoms with E-state index in [2.05, 4.69) is 34.3 Å². The Balaban J connectivity index is 1.65. The Hall–Kier alpha value is -2.97. The van der Waals surface area contributed by atoms with Crippen LogP contribution >= 0.6 is 0 Å². The minimum atomic E-state index is -0.557. The number of nitrogens with one attached hydrogen (secondary N) is 1. The summed E-state index contributed by atoms with van der Waals surface area (Å²) in [5.74, 6) is 0.196. The van der Waals surface area contributed by atoms with Gasteiger partial charge in [-0.1, -0.05) is 13.8 Å². The van der Waals surface area contributed by atoms with Crippen LogP contribution < -0.4 is 10.5 Å². The van der Waals surface area contributed by atoms with Crippen molar-refractivity contribution in [3.8, 4) is 11.4 Å². The quantitative estimate of drug-likeness (QED) is 0.453. The number of hydrogen-bond donors (Lipinski definition) is 1. The van der Waals surface area contributed by atoms with Gasteiger partial charge in [-0.05, 0) is 26.2 Å². The normalized spacial score (nSPS) is 12.1. The van der Waals surface area contributed by atoms with E-state index in [4.69, 9.17) is 4.74 Å². The Labute approximate surface area is 151 Å². The predicted octanol–water partition coefficient (Wildman–Crippen LogP) is 1.41. The van der Waals surface area contributed by atoms with Crippen LogP contribution in [-0.2, 0) is 20.7 Å². The second-order valence-electron chi connectivity index (χ2n) is 6.50. The maximum atomic E-state index is 11.8. The van der Waals surface area contributed by atoms with Gasteiger partial charge in [0.2, 0.25) is 0 Å². The van der Waals surface area contributed by atoms with E-state index in [1.807, 2.05) is 13.0 Å². The number of fused-ring (bicyclic) bond motifs is 1. The van der Waals surface area contributed by atoms with Gasteiger partial charge in [-0.25, -0.2) is 10.4 Å². The Morgan fingerprint density at radius 2 is 2.12 bits per heavy atom. The minimum Gasteiger partial charge on any atom is -0.466 e. The average Bonchev–Trinajstić information content (AvgIpc) is 3.00. The zero-order valence-electron chi connectivity index (χ0n) is 15.3. The SMILES string of the molecule is CCOC(=O)CC(=O)NN1c2cc(-c3nc(CC(C)C)cnc3C)nn21. The van der Waals surface area contributed by atoms with Gasteiger partial charge in [-0.3, -0.25) is 14.6 Å². The molecule has 0 bridgehead atoms. The lowest BCUT2D eigenvalue weighted by Crippen LogP contribution is -2.36. The number of aryl methyl sites for hydroxylation is 1. The number of esters is 1. The number of rotatable bonds is 7. The van der Waals surface area contributed by atoms with Crippen molar-refractivity contribution in [2.75, 3.05) is 11.7 Å². The maximum absolute atomic E-state index is 11.8. The molecular formula is C17H22N6O3. The molecule has 3 heterocycles. The third kappa shape index (κ3) is 3.81. The van der Waals surface area contributed by atoms with E-state index in [1.165, 1.54) is 9.91 Å². The van der Waals surface area contributed by atoms with Gasteiger partial charge in [-0.15, -0.1) is 15.0 Å². The van der Waals surface area contributed by atoms with Crippen LogP contribution in [0.3, 0.4) is 0 Å². The van der Waals surface area contributed by atoms with Crippen LogP contribution in [0.5, 0.6) is 0 Å². The highest BCUT2D eigenvalue weighted by Gasteiger charge is 2.35. The summed E-state index contributed by atoms with van der Waals surface area (Å²) >= 11 is 0. The molecule has 0 fully saturated rings. The molecule has 138 valence electrons. The van der Waals surface area contributed by atoms with Crippen molar-refractivity contribution in [2.45, 2.75) is 40.5 Å². The molecule has 2 aromatic rings. The number of amides is 1. The standard InChI is InChI=1S/C17H22N6O3/c1-5-26-16(25)8-14(24)21-23-15-7-13(20-22(15)23)17-11(4)18-9-12(19-17)6-10(2)3/h7,9-10H,5-6,8H2,1-4H3,(H,21,24). The molecule has 0 aliphatic carbocycles. The third-order valence-electron chi connectivity index (χ3n) is 3.75. The Bertz CT molecular complexity index is 824. The van der Waals surface area contributed by atoms with Crippen LogP contribution in [0.15, 0.2) is 12.3 Å². The zero-order chi connectivity index (χ0) is 18.8. The van der Waals surface area contributed by atoms with Crippen molar-refractivity contribution < 1.29 is 14.3 Å². The number of nitrogens with zero attached hydrogens (tertiary/aromatic N) is 5. The molecule has 0 saturated carbocycles. The first kappa shape index (κ1) is 17.8. The molecule has 1 aliphatic rings. The van der Waals surface area contributed by atoms with E-state index in [9.17, 15) is 9.59 Å². The molecule has 0 spiro atoms. The minimum absolute atomic E-state index is 0.247.